The highest BCUT2D eigenvalue weighted by molar-refractivity contribution is 5.39. The van der Waals surface area contributed by atoms with E-state index in [0.717, 1.165) is 17.6 Å². The molecule has 1 unspecified atom stereocenters. The molecule has 0 aromatic heterocycles. The summed E-state index contributed by atoms with van der Waals surface area (Å²) in [5.41, 5.74) is 7.96. The molecule has 0 bridgehead atoms. The summed E-state index contributed by atoms with van der Waals surface area (Å²) in [6.45, 7) is 7.24. The summed E-state index contributed by atoms with van der Waals surface area (Å²) in [7, 11) is 0. The van der Waals surface area contributed by atoms with E-state index in [1.807, 2.05) is 12.1 Å². The van der Waals surface area contributed by atoms with Crippen LogP contribution < -0.4 is 5.73 Å². The van der Waals surface area contributed by atoms with Crippen LogP contribution in [-0.4, -0.2) is 24.0 Å². The van der Waals surface area contributed by atoms with E-state index >= 15 is 0 Å². The van der Waals surface area contributed by atoms with E-state index in [1.165, 1.54) is 44.3 Å². The minimum Gasteiger partial charge on any atom is -0.399 e. The predicted octanol–water partition coefficient (Wildman–Crippen LogP) is 3.32. The Morgan fingerprint density at radius 3 is 2.67 bits per heavy atom. The van der Waals surface area contributed by atoms with E-state index in [1.54, 1.807) is 0 Å². The Balaban J connectivity index is 1.76. The first-order chi connectivity index (χ1) is 8.66. The molecule has 1 fully saturated rings. The number of rotatable bonds is 5. The number of nitrogen functional groups attached to an aromatic ring is 1. The normalized spacial score (nSPS) is 20.7. The quantitative estimate of drug-likeness (QED) is 0.808. The lowest BCUT2D eigenvalue weighted by atomic mass is 10.0. The SMILES string of the molecule is CC(C)C1CCCN1CCCc1ccc(N)cc1. The fraction of sp³-hybridized carbons (Fsp3) is 0.625. The minimum atomic E-state index is 0.795. The summed E-state index contributed by atoms with van der Waals surface area (Å²) in [6.07, 6.45) is 5.19. The van der Waals surface area contributed by atoms with Gasteiger partial charge in [-0.2, -0.15) is 0 Å². The second kappa shape index (κ2) is 6.24. The van der Waals surface area contributed by atoms with Crippen molar-refractivity contribution in [2.75, 3.05) is 18.8 Å². The lowest BCUT2D eigenvalue weighted by Gasteiger charge is -2.27. The van der Waals surface area contributed by atoms with Crippen LogP contribution in [0.15, 0.2) is 24.3 Å². The molecule has 1 atom stereocenters. The maximum Gasteiger partial charge on any atom is 0.0314 e. The van der Waals surface area contributed by atoms with Gasteiger partial charge in [0.25, 0.3) is 0 Å². The van der Waals surface area contributed by atoms with Crippen molar-refractivity contribution in [1.29, 1.82) is 0 Å². The Kier molecular flexibility index (Phi) is 4.65. The van der Waals surface area contributed by atoms with Gasteiger partial charge in [-0.1, -0.05) is 26.0 Å². The van der Waals surface area contributed by atoms with Gasteiger partial charge >= 0.3 is 0 Å². The van der Waals surface area contributed by atoms with Gasteiger partial charge in [0.2, 0.25) is 0 Å². The van der Waals surface area contributed by atoms with Gasteiger partial charge in [-0.15, -0.1) is 0 Å². The van der Waals surface area contributed by atoms with Gasteiger partial charge in [-0.3, -0.25) is 0 Å². The van der Waals surface area contributed by atoms with Gasteiger partial charge in [0, 0.05) is 11.7 Å². The van der Waals surface area contributed by atoms with E-state index in [9.17, 15) is 0 Å². The van der Waals surface area contributed by atoms with Crippen molar-refractivity contribution in [2.24, 2.45) is 5.92 Å². The van der Waals surface area contributed by atoms with Crippen LogP contribution in [0.25, 0.3) is 0 Å². The minimum absolute atomic E-state index is 0.795. The number of nitrogens with zero attached hydrogens (tertiary/aromatic N) is 1. The zero-order valence-corrected chi connectivity index (χ0v) is 11.7. The van der Waals surface area contributed by atoms with Crippen LogP contribution in [0.5, 0.6) is 0 Å². The van der Waals surface area contributed by atoms with Crippen LogP contribution >= 0.6 is 0 Å². The van der Waals surface area contributed by atoms with Crippen LogP contribution in [0.4, 0.5) is 5.69 Å². The highest BCUT2D eigenvalue weighted by atomic mass is 15.2. The third-order valence-corrected chi connectivity index (χ3v) is 4.07. The number of hydrogen-bond donors (Lipinski definition) is 1. The second-order valence-corrected chi connectivity index (χ2v) is 5.83. The molecule has 0 aliphatic carbocycles. The Morgan fingerprint density at radius 1 is 1.28 bits per heavy atom. The fourth-order valence-corrected chi connectivity index (χ4v) is 3.06. The number of benzene rings is 1. The summed E-state index contributed by atoms with van der Waals surface area (Å²) in [6, 6.07) is 9.12. The largest absolute Gasteiger partial charge is 0.399 e. The topological polar surface area (TPSA) is 29.3 Å². The van der Waals surface area contributed by atoms with Gasteiger partial charge in [-0.25, -0.2) is 0 Å². The number of aryl methyl sites for hydroxylation is 1. The highest BCUT2D eigenvalue weighted by Gasteiger charge is 2.26. The zero-order chi connectivity index (χ0) is 13.0. The summed E-state index contributed by atoms with van der Waals surface area (Å²) in [5, 5.41) is 0. The molecule has 0 saturated carbocycles. The number of anilines is 1. The van der Waals surface area contributed by atoms with Gasteiger partial charge in [0.15, 0.2) is 0 Å². The maximum absolute atomic E-state index is 5.70. The predicted molar refractivity (Wildman–Crippen MR) is 78.6 cm³/mol. The Morgan fingerprint density at radius 2 is 2.00 bits per heavy atom. The summed E-state index contributed by atoms with van der Waals surface area (Å²) in [5.74, 6) is 0.795. The molecule has 0 radical (unpaired) electrons. The van der Waals surface area contributed by atoms with E-state index in [-0.39, 0.29) is 0 Å². The standard InChI is InChI=1S/C16H26N2/c1-13(2)16-6-4-12-18(16)11-3-5-14-7-9-15(17)10-8-14/h7-10,13,16H,3-6,11-12,17H2,1-2H3. The molecule has 1 aliphatic heterocycles. The fourth-order valence-electron chi connectivity index (χ4n) is 3.06. The molecule has 0 amide bonds. The average Bonchev–Trinajstić information content (AvgIpc) is 2.80. The van der Waals surface area contributed by atoms with Gasteiger partial charge in [0.1, 0.15) is 0 Å². The molecule has 2 heteroatoms. The lowest BCUT2D eigenvalue weighted by molar-refractivity contribution is 0.204. The average molecular weight is 246 g/mol. The molecule has 100 valence electrons. The molecular weight excluding hydrogens is 220 g/mol. The molecular formula is C16H26N2. The van der Waals surface area contributed by atoms with Crippen LogP contribution in [0.1, 0.15) is 38.7 Å². The summed E-state index contributed by atoms with van der Waals surface area (Å²) >= 11 is 0. The monoisotopic (exact) mass is 246 g/mol. The van der Waals surface area contributed by atoms with Crippen molar-refractivity contribution in [3.8, 4) is 0 Å². The first-order valence-corrected chi connectivity index (χ1v) is 7.25. The van der Waals surface area contributed by atoms with Crippen molar-refractivity contribution in [3.05, 3.63) is 29.8 Å². The van der Waals surface area contributed by atoms with Gasteiger partial charge in [-0.05, 0) is 62.4 Å². The van der Waals surface area contributed by atoms with Crippen molar-refractivity contribution in [3.63, 3.8) is 0 Å². The van der Waals surface area contributed by atoms with Crippen LogP contribution in [0, 0.1) is 5.92 Å². The highest BCUT2D eigenvalue weighted by Crippen LogP contribution is 2.23. The molecule has 2 rings (SSSR count). The van der Waals surface area contributed by atoms with E-state index < -0.39 is 0 Å². The number of nitrogens with two attached hydrogens (primary N) is 1. The van der Waals surface area contributed by atoms with E-state index in [0.29, 0.717) is 0 Å². The van der Waals surface area contributed by atoms with Crippen LogP contribution in [-0.2, 0) is 6.42 Å². The molecule has 2 nitrogen and oxygen atoms in total. The van der Waals surface area contributed by atoms with E-state index in [2.05, 4.69) is 30.9 Å². The first-order valence-electron chi connectivity index (χ1n) is 7.25. The van der Waals surface area contributed by atoms with Crippen molar-refractivity contribution < 1.29 is 0 Å². The molecule has 1 aromatic rings. The summed E-state index contributed by atoms with van der Waals surface area (Å²) < 4.78 is 0. The number of hydrogen-bond acceptors (Lipinski definition) is 2. The van der Waals surface area contributed by atoms with E-state index in [4.69, 9.17) is 5.73 Å². The molecule has 1 aromatic carbocycles. The van der Waals surface area contributed by atoms with Crippen molar-refractivity contribution in [2.45, 2.75) is 45.6 Å². The Bertz CT molecular complexity index is 356. The third-order valence-electron chi connectivity index (χ3n) is 4.07. The van der Waals surface area contributed by atoms with Crippen molar-refractivity contribution in [1.82, 2.24) is 4.90 Å². The molecule has 0 spiro atoms. The third kappa shape index (κ3) is 3.49. The van der Waals surface area contributed by atoms with Crippen LogP contribution in [0.3, 0.4) is 0 Å². The number of likely N-dealkylation sites (tertiary alicyclic amines) is 1. The van der Waals surface area contributed by atoms with Gasteiger partial charge < -0.3 is 10.6 Å². The first kappa shape index (κ1) is 13.4. The van der Waals surface area contributed by atoms with Crippen LogP contribution in [0.2, 0.25) is 0 Å². The van der Waals surface area contributed by atoms with Gasteiger partial charge in [0.05, 0.1) is 0 Å². The molecule has 1 heterocycles. The lowest BCUT2D eigenvalue weighted by Crippen LogP contribution is -2.34. The molecule has 18 heavy (non-hydrogen) atoms. The summed E-state index contributed by atoms with van der Waals surface area (Å²) in [4.78, 5) is 2.68. The molecule has 2 N–H and O–H groups in total. The Hall–Kier alpha value is -1.02. The second-order valence-electron chi connectivity index (χ2n) is 5.83. The zero-order valence-electron chi connectivity index (χ0n) is 11.7. The maximum atomic E-state index is 5.70. The molecule has 1 saturated heterocycles. The smallest absolute Gasteiger partial charge is 0.0314 e. The molecule has 1 aliphatic rings. The Labute approximate surface area is 111 Å². The van der Waals surface area contributed by atoms with Crippen molar-refractivity contribution >= 4 is 5.69 Å².